The maximum Gasteiger partial charge on any atom is 0.417 e. The Kier molecular flexibility index (Phi) is 7.71. The molecule has 0 fully saturated rings. The third kappa shape index (κ3) is 6.17. The highest BCUT2D eigenvalue weighted by molar-refractivity contribution is 7.89. The molecule has 0 aromatic heterocycles. The van der Waals surface area contributed by atoms with Crippen LogP contribution in [0, 0.1) is 18.3 Å². The summed E-state index contributed by atoms with van der Waals surface area (Å²) < 4.78 is 69.4. The molecule has 2 unspecified atom stereocenters. The van der Waals surface area contributed by atoms with Crippen molar-refractivity contribution >= 4 is 21.6 Å². The Labute approximate surface area is 202 Å². The van der Waals surface area contributed by atoms with E-state index in [1.165, 1.54) is 13.0 Å². The quantitative estimate of drug-likeness (QED) is 0.413. The fraction of sp³-hybridized carbons (Fsp3) is 0.240. The summed E-state index contributed by atoms with van der Waals surface area (Å²) in [5.41, 5.74) is 1.02. The Hall–Kier alpha value is -2.86. The van der Waals surface area contributed by atoms with Crippen LogP contribution in [0.2, 0.25) is 5.02 Å². The third-order valence-electron chi connectivity index (χ3n) is 5.49. The van der Waals surface area contributed by atoms with E-state index in [0.29, 0.717) is 28.1 Å². The molecule has 3 aromatic carbocycles. The predicted molar refractivity (Wildman–Crippen MR) is 125 cm³/mol. The van der Waals surface area contributed by atoms with Gasteiger partial charge in [0.2, 0.25) is 10.0 Å². The van der Waals surface area contributed by atoms with E-state index in [9.17, 15) is 26.9 Å². The Morgan fingerprint density at radius 1 is 1.06 bits per heavy atom. The first-order chi connectivity index (χ1) is 15.9. The van der Waals surface area contributed by atoms with E-state index in [0.717, 1.165) is 17.7 Å². The lowest BCUT2D eigenvalue weighted by Gasteiger charge is -2.26. The molecule has 0 heterocycles. The van der Waals surface area contributed by atoms with Crippen LogP contribution in [-0.4, -0.2) is 14.5 Å². The number of nitrogens with one attached hydrogen (secondary N) is 1. The lowest BCUT2D eigenvalue weighted by atomic mass is 9.86. The number of halogens is 4. The molecule has 0 radical (unpaired) electrons. The van der Waals surface area contributed by atoms with E-state index in [2.05, 4.69) is 10.8 Å². The third-order valence-corrected chi connectivity index (χ3v) is 7.36. The lowest BCUT2D eigenvalue weighted by molar-refractivity contribution is -0.139. The summed E-state index contributed by atoms with van der Waals surface area (Å²) in [6, 6.07) is 18.1. The summed E-state index contributed by atoms with van der Waals surface area (Å²) in [6.07, 6.45) is -4.46. The van der Waals surface area contributed by atoms with Gasteiger partial charge in [0.05, 0.1) is 22.1 Å². The van der Waals surface area contributed by atoms with E-state index in [1.807, 2.05) is 0 Å². The summed E-state index contributed by atoms with van der Waals surface area (Å²) in [6.45, 7) is 3.06. The highest BCUT2D eigenvalue weighted by atomic mass is 35.5. The first-order valence-corrected chi connectivity index (χ1v) is 12.2. The minimum atomic E-state index is -4.83. The SMILES string of the molecule is Cc1ccc(S(=O)(=O)NC(C)C(Cc2ccc(Cl)cc2)c2cccc(C#N)c2)c(C(F)(F)F)c1. The van der Waals surface area contributed by atoms with Crippen LogP contribution in [0.15, 0.2) is 71.6 Å². The van der Waals surface area contributed by atoms with Gasteiger partial charge in [-0.15, -0.1) is 0 Å². The Balaban J connectivity index is 2.00. The van der Waals surface area contributed by atoms with Crippen LogP contribution in [-0.2, 0) is 22.6 Å². The molecular formula is C25H22ClF3N2O2S. The Morgan fingerprint density at radius 2 is 1.74 bits per heavy atom. The number of hydrogen-bond donors (Lipinski definition) is 1. The standard InChI is InChI=1S/C25H22ClF3N2O2S/c1-16-6-11-24(23(12-16)25(27,28)29)34(32,33)31-17(2)22(14-18-7-9-21(26)10-8-18)20-5-3-4-19(13-20)15-30/h3-13,17,22,31H,14H2,1-2H3. The van der Waals surface area contributed by atoms with Crippen LogP contribution in [0.25, 0.3) is 0 Å². The number of aryl methyl sites for hydroxylation is 1. The van der Waals surface area contributed by atoms with Crippen molar-refractivity contribution in [2.45, 2.75) is 43.3 Å². The smallest absolute Gasteiger partial charge is 0.208 e. The predicted octanol–water partition coefficient (Wildman–Crippen LogP) is 6.23. The molecule has 2 atom stereocenters. The van der Waals surface area contributed by atoms with Crippen LogP contribution in [0.4, 0.5) is 13.2 Å². The minimum absolute atomic E-state index is 0.299. The van der Waals surface area contributed by atoms with Gasteiger partial charge in [-0.05, 0) is 67.8 Å². The van der Waals surface area contributed by atoms with Crippen molar-refractivity contribution in [1.82, 2.24) is 4.72 Å². The van der Waals surface area contributed by atoms with Gasteiger partial charge in [0.15, 0.2) is 0 Å². The molecule has 4 nitrogen and oxygen atoms in total. The summed E-state index contributed by atoms with van der Waals surface area (Å²) in [5, 5.41) is 9.83. The molecule has 0 aliphatic heterocycles. The maximum absolute atomic E-state index is 13.6. The van der Waals surface area contributed by atoms with Crippen molar-refractivity contribution in [3.05, 3.63) is 99.6 Å². The van der Waals surface area contributed by atoms with Gasteiger partial charge >= 0.3 is 6.18 Å². The van der Waals surface area contributed by atoms with Gasteiger partial charge in [0, 0.05) is 17.0 Å². The van der Waals surface area contributed by atoms with Gasteiger partial charge in [0.1, 0.15) is 0 Å². The molecule has 3 rings (SSSR count). The molecular weight excluding hydrogens is 485 g/mol. The molecule has 0 saturated heterocycles. The van der Waals surface area contributed by atoms with Crippen molar-refractivity contribution in [2.75, 3.05) is 0 Å². The summed E-state index contributed by atoms with van der Waals surface area (Å²) >= 11 is 5.97. The number of sulfonamides is 1. The topological polar surface area (TPSA) is 70.0 Å². The number of alkyl halides is 3. The summed E-state index contributed by atoms with van der Waals surface area (Å²) in [7, 11) is -4.51. The molecule has 0 amide bonds. The highest BCUT2D eigenvalue weighted by Crippen LogP contribution is 2.35. The first-order valence-electron chi connectivity index (χ1n) is 10.4. The Bertz CT molecular complexity index is 1320. The molecule has 0 bridgehead atoms. The second kappa shape index (κ2) is 10.2. The van der Waals surface area contributed by atoms with Gasteiger partial charge in [-0.1, -0.05) is 47.5 Å². The normalized spacial score (nSPS) is 13.8. The molecule has 34 heavy (non-hydrogen) atoms. The van der Waals surface area contributed by atoms with Crippen LogP contribution >= 0.6 is 11.6 Å². The van der Waals surface area contributed by atoms with Crippen LogP contribution in [0.3, 0.4) is 0 Å². The first kappa shape index (κ1) is 25.8. The van der Waals surface area contributed by atoms with Crippen molar-refractivity contribution in [3.8, 4) is 6.07 Å². The molecule has 0 aliphatic rings. The monoisotopic (exact) mass is 506 g/mol. The molecule has 0 saturated carbocycles. The average Bonchev–Trinajstić information content (AvgIpc) is 2.77. The fourth-order valence-corrected chi connectivity index (χ4v) is 5.40. The number of nitriles is 1. The van der Waals surface area contributed by atoms with E-state index in [-0.39, 0.29) is 0 Å². The van der Waals surface area contributed by atoms with E-state index in [1.54, 1.807) is 55.5 Å². The molecule has 178 valence electrons. The molecule has 9 heteroatoms. The van der Waals surface area contributed by atoms with E-state index in [4.69, 9.17) is 11.6 Å². The summed E-state index contributed by atoms with van der Waals surface area (Å²) in [5.74, 6) is -0.468. The van der Waals surface area contributed by atoms with Gasteiger partial charge in [0.25, 0.3) is 0 Å². The van der Waals surface area contributed by atoms with Gasteiger partial charge < -0.3 is 0 Å². The molecule has 1 N–H and O–H groups in total. The number of hydrogen-bond acceptors (Lipinski definition) is 3. The zero-order valence-corrected chi connectivity index (χ0v) is 20.0. The van der Waals surface area contributed by atoms with Crippen molar-refractivity contribution in [2.24, 2.45) is 0 Å². The van der Waals surface area contributed by atoms with E-state index >= 15 is 0 Å². The van der Waals surface area contributed by atoms with Gasteiger partial charge in [-0.2, -0.15) is 18.4 Å². The number of rotatable bonds is 7. The molecule has 0 spiro atoms. The lowest BCUT2D eigenvalue weighted by Crippen LogP contribution is -2.38. The van der Waals surface area contributed by atoms with Gasteiger partial charge in [-0.25, -0.2) is 13.1 Å². The van der Waals surface area contributed by atoms with Crippen LogP contribution in [0.5, 0.6) is 0 Å². The van der Waals surface area contributed by atoms with Crippen LogP contribution in [0.1, 0.15) is 40.7 Å². The molecule has 3 aromatic rings. The fourth-order valence-electron chi connectivity index (χ4n) is 3.79. The van der Waals surface area contributed by atoms with Crippen molar-refractivity contribution in [3.63, 3.8) is 0 Å². The second-order valence-corrected chi connectivity index (χ2v) is 10.2. The summed E-state index contributed by atoms with van der Waals surface area (Å²) in [4.78, 5) is -0.825. The Morgan fingerprint density at radius 3 is 2.35 bits per heavy atom. The highest BCUT2D eigenvalue weighted by Gasteiger charge is 2.38. The van der Waals surface area contributed by atoms with E-state index < -0.39 is 38.6 Å². The van der Waals surface area contributed by atoms with Gasteiger partial charge in [-0.3, -0.25) is 0 Å². The zero-order chi connectivity index (χ0) is 25.1. The second-order valence-electron chi connectivity index (χ2n) is 8.08. The number of benzene rings is 3. The minimum Gasteiger partial charge on any atom is -0.208 e. The largest absolute Gasteiger partial charge is 0.417 e. The van der Waals surface area contributed by atoms with Crippen molar-refractivity contribution < 1.29 is 21.6 Å². The van der Waals surface area contributed by atoms with Crippen molar-refractivity contribution in [1.29, 1.82) is 5.26 Å². The average molecular weight is 507 g/mol. The number of nitrogens with zero attached hydrogens (tertiary/aromatic N) is 1. The van der Waals surface area contributed by atoms with Crippen LogP contribution < -0.4 is 4.72 Å². The molecule has 0 aliphatic carbocycles. The maximum atomic E-state index is 13.6. The zero-order valence-electron chi connectivity index (χ0n) is 18.4.